The van der Waals surface area contributed by atoms with E-state index in [1.165, 1.54) is 11.6 Å². The first-order chi connectivity index (χ1) is 9.10. The van der Waals surface area contributed by atoms with Gasteiger partial charge in [0.05, 0.1) is 5.69 Å². The van der Waals surface area contributed by atoms with Gasteiger partial charge in [0, 0.05) is 5.56 Å². The maximum absolute atomic E-state index is 13.5. The van der Waals surface area contributed by atoms with Gasteiger partial charge in [-0.1, -0.05) is 25.1 Å². The standard InChI is InChI=1S/C16H16FNO/c1-3-12-5-7-13(8-6-12)16(19)18-15-10-11(2)4-9-14(15)17/h4-10H,3H2,1-2H3,(H,18,19). The molecular formula is C16H16FNO. The summed E-state index contributed by atoms with van der Waals surface area (Å²) < 4.78 is 13.5. The van der Waals surface area contributed by atoms with Gasteiger partial charge >= 0.3 is 0 Å². The molecule has 2 nitrogen and oxygen atoms in total. The van der Waals surface area contributed by atoms with Crippen molar-refractivity contribution >= 4 is 11.6 Å². The second-order valence-corrected chi connectivity index (χ2v) is 4.49. The predicted molar refractivity (Wildman–Crippen MR) is 74.9 cm³/mol. The minimum absolute atomic E-state index is 0.213. The third kappa shape index (κ3) is 3.19. The highest BCUT2D eigenvalue weighted by Crippen LogP contribution is 2.17. The zero-order chi connectivity index (χ0) is 13.8. The summed E-state index contributed by atoms with van der Waals surface area (Å²) in [6.45, 7) is 3.91. The van der Waals surface area contributed by atoms with Crippen LogP contribution in [0.1, 0.15) is 28.4 Å². The Labute approximate surface area is 112 Å². The molecule has 0 aliphatic heterocycles. The first-order valence-electron chi connectivity index (χ1n) is 6.26. The van der Waals surface area contributed by atoms with Gasteiger partial charge < -0.3 is 5.32 Å². The fourth-order valence-corrected chi connectivity index (χ4v) is 1.82. The molecule has 2 aromatic carbocycles. The number of nitrogens with one attached hydrogen (secondary N) is 1. The first-order valence-corrected chi connectivity index (χ1v) is 6.26. The molecule has 0 aromatic heterocycles. The van der Waals surface area contributed by atoms with E-state index in [0.717, 1.165) is 12.0 Å². The molecule has 0 spiro atoms. The van der Waals surface area contributed by atoms with Crippen molar-refractivity contribution in [2.45, 2.75) is 20.3 Å². The van der Waals surface area contributed by atoms with E-state index in [1.54, 1.807) is 24.3 Å². The van der Waals surface area contributed by atoms with Gasteiger partial charge in [-0.15, -0.1) is 0 Å². The molecule has 0 aliphatic carbocycles. The Hall–Kier alpha value is -2.16. The monoisotopic (exact) mass is 257 g/mol. The van der Waals surface area contributed by atoms with Crippen LogP contribution in [-0.2, 0) is 6.42 Å². The van der Waals surface area contributed by atoms with E-state index in [1.807, 2.05) is 19.1 Å². The molecule has 98 valence electrons. The highest BCUT2D eigenvalue weighted by Gasteiger charge is 2.09. The largest absolute Gasteiger partial charge is 0.319 e. The maximum Gasteiger partial charge on any atom is 0.255 e. The van der Waals surface area contributed by atoms with Gasteiger partial charge in [-0.2, -0.15) is 0 Å². The molecule has 0 bridgehead atoms. The van der Waals surface area contributed by atoms with Crippen LogP contribution in [0.2, 0.25) is 0 Å². The number of carbonyl (C=O) groups excluding carboxylic acids is 1. The third-order valence-corrected chi connectivity index (χ3v) is 2.99. The van der Waals surface area contributed by atoms with E-state index in [2.05, 4.69) is 12.2 Å². The van der Waals surface area contributed by atoms with Crippen molar-refractivity contribution < 1.29 is 9.18 Å². The molecule has 0 radical (unpaired) electrons. The van der Waals surface area contributed by atoms with Gasteiger partial charge in [0.15, 0.2) is 0 Å². The summed E-state index contributed by atoms with van der Waals surface area (Å²) in [6.07, 6.45) is 0.925. The summed E-state index contributed by atoms with van der Waals surface area (Å²) in [5, 5.41) is 2.59. The number of halogens is 1. The second-order valence-electron chi connectivity index (χ2n) is 4.49. The molecule has 0 saturated heterocycles. The van der Waals surface area contributed by atoms with Crippen molar-refractivity contribution in [3.63, 3.8) is 0 Å². The summed E-state index contributed by atoms with van der Waals surface area (Å²) in [6, 6.07) is 12.0. The van der Waals surface area contributed by atoms with Gasteiger partial charge in [-0.3, -0.25) is 4.79 Å². The molecule has 0 unspecified atom stereocenters. The molecule has 0 heterocycles. The fraction of sp³-hybridized carbons (Fsp3) is 0.188. The number of carbonyl (C=O) groups is 1. The number of rotatable bonds is 3. The van der Waals surface area contributed by atoms with Crippen LogP contribution in [0.5, 0.6) is 0 Å². The normalized spacial score (nSPS) is 10.3. The van der Waals surface area contributed by atoms with Crippen molar-refractivity contribution in [3.8, 4) is 0 Å². The molecular weight excluding hydrogens is 241 g/mol. The zero-order valence-corrected chi connectivity index (χ0v) is 11.0. The van der Waals surface area contributed by atoms with E-state index in [0.29, 0.717) is 5.56 Å². The quantitative estimate of drug-likeness (QED) is 0.886. The van der Waals surface area contributed by atoms with E-state index < -0.39 is 5.82 Å². The van der Waals surface area contributed by atoms with Crippen LogP contribution >= 0.6 is 0 Å². The minimum atomic E-state index is -0.427. The fourth-order valence-electron chi connectivity index (χ4n) is 1.82. The topological polar surface area (TPSA) is 29.1 Å². The molecule has 2 aromatic rings. The Morgan fingerprint density at radius 3 is 2.47 bits per heavy atom. The van der Waals surface area contributed by atoms with E-state index >= 15 is 0 Å². The lowest BCUT2D eigenvalue weighted by molar-refractivity contribution is 0.102. The minimum Gasteiger partial charge on any atom is -0.319 e. The molecule has 1 amide bonds. The number of amides is 1. The second kappa shape index (κ2) is 5.65. The average molecular weight is 257 g/mol. The van der Waals surface area contributed by atoms with Crippen LogP contribution in [0.15, 0.2) is 42.5 Å². The van der Waals surface area contributed by atoms with Crippen molar-refractivity contribution in [2.24, 2.45) is 0 Å². The molecule has 3 heteroatoms. The molecule has 0 fully saturated rings. The number of hydrogen-bond acceptors (Lipinski definition) is 1. The van der Waals surface area contributed by atoms with Crippen molar-refractivity contribution in [3.05, 3.63) is 65.0 Å². The Morgan fingerprint density at radius 1 is 1.16 bits per heavy atom. The average Bonchev–Trinajstić information content (AvgIpc) is 2.43. The number of anilines is 1. The molecule has 0 atom stereocenters. The van der Waals surface area contributed by atoms with Gasteiger partial charge in [0.1, 0.15) is 5.82 Å². The zero-order valence-electron chi connectivity index (χ0n) is 11.0. The third-order valence-electron chi connectivity index (χ3n) is 2.99. The summed E-state index contributed by atoms with van der Waals surface area (Å²) in [4.78, 5) is 12.0. The van der Waals surface area contributed by atoms with Gasteiger partial charge in [-0.05, 0) is 48.7 Å². The van der Waals surface area contributed by atoms with Crippen molar-refractivity contribution in [2.75, 3.05) is 5.32 Å². The summed E-state index contributed by atoms with van der Waals surface area (Å²) in [5.74, 6) is -0.726. The Balaban J connectivity index is 2.18. The molecule has 0 saturated carbocycles. The van der Waals surface area contributed by atoms with Crippen LogP contribution in [0.4, 0.5) is 10.1 Å². The summed E-state index contributed by atoms with van der Waals surface area (Å²) in [7, 11) is 0. The highest BCUT2D eigenvalue weighted by molar-refractivity contribution is 6.04. The van der Waals surface area contributed by atoms with Crippen LogP contribution in [0.25, 0.3) is 0 Å². The lowest BCUT2D eigenvalue weighted by Gasteiger charge is -2.07. The smallest absolute Gasteiger partial charge is 0.255 e. The number of aryl methyl sites for hydroxylation is 2. The van der Waals surface area contributed by atoms with Crippen molar-refractivity contribution in [1.29, 1.82) is 0 Å². The molecule has 1 N–H and O–H groups in total. The lowest BCUT2D eigenvalue weighted by atomic mass is 10.1. The highest BCUT2D eigenvalue weighted by atomic mass is 19.1. The molecule has 2 rings (SSSR count). The summed E-state index contributed by atoms with van der Waals surface area (Å²) in [5.41, 5.74) is 2.80. The lowest BCUT2D eigenvalue weighted by Crippen LogP contribution is -2.13. The SMILES string of the molecule is CCc1ccc(C(=O)Nc2cc(C)ccc2F)cc1. The van der Waals surface area contributed by atoms with Crippen LogP contribution in [0.3, 0.4) is 0 Å². The Kier molecular flexibility index (Phi) is 3.95. The van der Waals surface area contributed by atoms with Crippen LogP contribution in [-0.4, -0.2) is 5.91 Å². The Morgan fingerprint density at radius 2 is 1.84 bits per heavy atom. The Bertz CT molecular complexity index is 590. The maximum atomic E-state index is 13.5. The van der Waals surface area contributed by atoms with Gasteiger partial charge in [0.2, 0.25) is 0 Å². The van der Waals surface area contributed by atoms with Gasteiger partial charge in [0.25, 0.3) is 5.91 Å². The van der Waals surface area contributed by atoms with Crippen molar-refractivity contribution in [1.82, 2.24) is 0 Å². The molecule has 19 heavy (non-hydrogen) atoms. The predicted octanol–water partition coefficient (Wildman–Crippen LogP) is 3.95. The number of benzene rings is 2. The van der Waals surface area contributed by atoms with E-state index in [-0.39, 0.29) is 11.6 Å². The van der Waals surface area contributed by atoms with Crippen LogP contribution in [0, 0.1) is 12.7 Å². The first kappa shape index (κ1) is 13.3. The summed E-state index contributed by atoms with van der Waals surface area (Å²) >= 11 is 0. The molecule has 0 aliphatic rings. The van der Waals surface area contributed by atoms with Gasteiger partial charge in [-0.25, -0.2) is 4.39 Å². The van der Waals surface area contributed by atoms with E-state index in [4.69, 9.17) is 0 Å². The number of hydrogen-bond donors (Lipinski definition) is 1. The van der Waals surface area contributed by atoms with Crippen LogP contribution < -0.4 is 5.32 Å². The van der Waals surface area contributed by atoms with E-state index in [9.17, 15) is 9.18 Å².